The maximum absolute atomic E-state index is 12.4. The summed E-state index contributed by atoms with van der Waals surface area (Å²) in [6.07, 6.45) is 4.05. The standard InChI is InChI=1S/C16H24O4S/c1-2-20-15-9-5-4-8-14(15)12-21(18,19)13-16(17)10-6-3-7-11-16/h4-5,8-9,17H,2-3,6-7,10-13H2,1H3. The molecule has 1 aromatic carbocycles. The maximum atomic E-state index is 12.4. The zero-order valence-electron chi connectivity index (χ0n) is 12.5. The normalized spacial score (nSPS) is 18.4. The van der Waals surface area contributed by atoms with Crippen LogP contribution in [0, 0.1) is 0 Å². The van der Waals surface area contributed by atoms with Crippen molar-refractivity contribution in [1.82, 2.24) is 0 Å². The Morgan fingerprint density at radius 3 is 2.52 bits per heavy atom. The largest absolute Gasteiger partial charge is 0.494 e. The highest BCUT2D eigenvalue weighted by Crippen LogP contribution is 2.31. The van der Waals surface area contributed by atoms with Gasteiger partial charge in [0.05, 0.1) is 23.7 Å². The molecule has 21 heavy (non-hydrogen) atoms. The minimum atomic E-state index is -3.36. The van der Waals surface area contributed by atoms with Gasteiger partial charge in [-0.2, -0.15) is 0 Å². The van der Waals surface area contributed by atoms with Gasteiger partial charge < -0.3 is 9.84 Å². The Hall–Kier alpha value is -1.07. The zero-order chi connectivity index (χ0) is 15.3. The van der Waals surface area contributed by atoms with Crippen LogP contribution in [0.2, 0.25) is 0 Å². The SMILES string of the molecule is CCOc1ccccc1CS(=O)(=O)CC1(O)CCCCC1. The molecule has 0 radical (unpaired) electrons. The number of para-hydroxylation sites is 1. The lowest BCUT2D eigenvalue weighted by molar-refractivity contribution is 0.0257. The van der Waals surface area contributed by atoms with E-state index in [-0.39, 0.29) is 11.5 Å². The van der Waals surface area contributed by atoms with Crippen molar-refractivity contribution in [2.45, 2.75) is 50.4 Å². The van der Waals surface area contributed by atoms with Gasteiger partial charge in [-0.25, -0.2) is 8.42 Å². The molecule has 0 unspecified atom stereocenters. The van der Waals surface area contributed by atoms with Crippen LogP contribution in [-0.2, 0) is 15.6 Å². The first kappa shape index (κ1) is 16.3. The molecule has 0 saturated heterocycles. The predicted octanol–water partition coefficient (Wildman–Crippen LogP) is 2.70. The molecule has 4 nitrogen and oxygen atoms in total. The van der Waals surface area contributed by atoms with E-state index in [1.807, 2.05) is 19.1 Å². The first-order chi connectivity index (χ1) is 9.94. The maximum Gasteiger partial charge on any atom is 0.157 e. The monoisotopic (exact) mass is 312 g/mol. The number of ether oxygens (including phenoxy) is 1. The molecule has 1 fully saturated rings. The highest BCUT2D eigenvalue weighted by Gasteiger charge is 2.34. The molecule has 0 aromatic heterocycles. The van der Waals surface area contributed by atoms with Crippen LogP contribution in [-0.4, -0.2) is 31.5 Å². The summed E-state index contributed by atoms with van der Waals surface area (Å²) in [5.41, 5.74) is -0.378. The second kappa shape index (κ2) is 6.79. The van der Waals surface area contributed by atoms with E-state index in [9.17, 15) is 13.5 Å². The minimum absolute atomic E-state index is 0.0779. The lowest BCUT2D eigenvalue weighted by Crippen LogP contribution is -2.39. The molecule has 1 aliphatic carbocycles. The Labute approximate surface area is 127 Å². The summed E-state index contributed by atoms with van der Waals surface area (Å²) in [6.45, 7) is 2.37. The summed E-state index contributed by atoms with van der Waals surface area (Å²) >= 11 is 0. The molecule has 118 valence electrons. The lowest BCUT2D eigenvalue weighted by Gasteiger charge is -2.31. The van der Waals surface area contributed by atoms with Gasteiger partial charge in [0.25, 0.3) is 0 Å². The van der Waals surface area contributed by atoms with Crippen molar-refractivity contribution in [3.8, 4) is 5.75 Å². The van der Waals surface area contributed by atoms with E-state index in [1.54, 1.807) is 12.1 Å². The molecule has 5 heteroatoms. The number of hydrogen-bond donors (Lipinski definition) is 1. The van der Waals surface area contributed by atoms with Gasteiger partial charge in [0.1, 0.15) is 5.75 Å². The molecule has 1 aliphatic rings. The van der Waals surface area contributed by atoms with Crippen molar-refractivity contribution in [2.75, 3.05) is 12.4 Å². The first-order valence-corrected chi connectivity index (χ1v) is 9.40. The molecule has 0 bridgehead atoms. The minimum Gasteiger partial charge on any atom is -0.494 e. The topological polar surface area (TPSA) is 63.6 Å². The van der Waals surface area contributed by atoms with Crippen LogP contribution in [0.1, 0.15) is 44.6 Å². The molecule has 1 saturated carbocycles. The summed E-state index contributed by atoms with van der Waals surface area (Å²) in [5.74, 6) is 0.380. The molecule has 0 aliphatic heterocycles. The van der Waals surface area contributed by atoms with Crippen LogP contribution in [0.5, 0.6) is 5.75 Å². The van der Waals surface area contributed by atoms with E-state index in [0.29, 0.717) is 30.8 Å². The van der Waals surface area contributed by atoms with Gasteiger partial charge in [-0.3, -0.25) is 0 Å². The van der Waals surface area contributed by atoms with E-state index in [0.717, 1.165) is 19.3 Å². The molecule has 1 N–H and O–H groups in total. The number of benzene rings is 1. The molecule has 0 atom stereocenters. The van der Waals surface area contributed by atoms with Crippen LogP contribution in [0.15, 0.2) is 24.3 Å². The third kappa shape index (κ3) is 4.71. The van der Waals surface area contributed by atoms with Gasteiger partial charge >= 0.3 is 0 Å². The lowest BCUT2D eigenvalue weighted by atomic mass is 9.86. The zero-order valence-corrected chi connectivity index (χ0v) is 13.4. The summed E-state index contributed by atoms with van der Waals surface area (Å²) in [6, 6.07) is 7.19. The quantitative estimate of drug-likeness (QED) is 0.877. The fourth-order valence-electron chi connectivity index (χ4n) is 2.97. The number of hydrogen-bond acceptors (Lipinski definition) is 4. The fraction of sp³-hybridized carbons (Fsp3) is 0.625. The van der Waals surface area contributed by atoms with E-state index < -0.39 is 15.4 Å². The number of rotatable bonds is 6. The smallest absolute Gasteiger partial charge is 0.157 e. The highest BCUT2D eigenvalue weighted by atomic mass is 32.2. The summed E-state index contributed by atoms with van der Waals surface area (Å²) in [4.78, 5) is 0. The van der Waals surface area contributed by atoms with Gasteiger partial charge in [-0.1, -0.05) is 37.5 Å². The summed E-state index contributed by atoms with van der Waals surface area (Å²) < 4.78 is 30.3. The van der Waals surface area contributed by atoms with E-state index in [2.05, 4.69) is 0 Å². The Morgan fingerprint density at radius 2 is 1.86 bits per heavy atom. The first-order valence-electron chi connectivity index (χ1n) is 7.58. The van der Waals surface area contributed by atoms with Crippen LogP contribution in [0.25, 0.3) is 0 Å². The van der Waals surface area contributed by atoms with Crippen molar-refractivity contribution in [1.29, 1.82) is 0 Å². The molecule has 0 heterocycles. The van der Waals surface area contributed by atoms with Crippen molar-refractivity contribution in [3.05, 3.63) is 29.8 Å². The van der Waals surface area contributed by atoms with Crippen LogP contribution in [0.4, 0.5) is 0 Å². The van der Waals surface area contributed by atoms with Crippen molar-refractivity contribution in [3.63, 3.8) is 0 Å². The molecule has 0 spiro atoms. The molecule has 0 amide bonds. The number of sulfone groups is 1. The highest BCUT2D eigenvalue weighted by molar-refractivity contribution is 7.90. The molecular formula is C16H24O4S. The van der Waals surface area contributed by atoms with Gasteiger partial charge in [0.15, 0.2) is 9.84 Å². The van der Waals surface area contributed by atoms with E-state index in [1.165, 1.54) is 0 Å². The van der Waals surface area contributed by atoms with Gasteiger partial charge in [0, 0.05) is 5.56 Å². The van der Waals surface area contributed by atoms with Crippen molar-refractivity contribution >= 4 is 9.84 Å². The van der Waals surface area contributed by atoms with Gasteiger partial charge in [0.2, 0.25) is 0 Å². The van der Waals surface area contributed by atoms with Crippen LogP contribution < -0.4 is 4.74 Å². The summed E-state index contributed by atoms with van der Waals surface area (Å²) in [5, 5.41) is 10.4. The van der Waals surface area contributed by atoms with E-state index >= 15 is 0 Å². The van der Waals surface area contributed by atoms with Gasteiger partial charge in [-0.15, -0.1) is 0 Å². The molecular weight excluding hydrogens is 288 g/mol. The third-order valence-electron chi connectivity index (χ3n) is 3.92. The Bertz CT molecular complexity index is 559. The second-order valence-corrected chi connectivity index (χ2v) is 7.92. The Kier molecular flexibility index (Phi) is 5.27. The fourth-order valence-corrected chi connectivity index (χ4v) is 4.89. The average Bonchev–Trinajstić information content (AvgIpc) is 2.40. The molecule has 1 aromatic rings. The third-order valence-corrected chi connectivity index (χ3v) is 5.65. The summed E-state index contributed by atoms with van der Waals surface area (Å²) in [7, 11) is -3.36. The van der Waals surface area contributed by atoms with Crippen molar-refractivity contribution < 1.29 is 18.3 Å². The van der Waals surface area contributed by atoms with Crippen molar-refractivity contribution in [2.24, 2.45) is 0 Å². The second-order valence-electron chi connectivity index (χ2n) is 5.86. The van der Waals surface area contributed by atoms with Crippen LogP contribution in [0.3, 0.4) is 0 Å². The average molecular weight is 312 g/mol. The Balaban J connectivity index is 2.10. The van der Waals surface area contributed by atoms with Crippen LogP contribution >= 0.6 is 0 Å². The van der Waals surface area contributed by atoms with E-state index in [4.69, 9.17) is 4.74 Å². The molecule has 2 rings (SSSR count). The predicted molar refractivity (Wildman–Crippen MR) is 83.1 cm³/mol. The number of aliphatic hydroxyl groups is 1. The van der Waals surface area contributed by atoms with Gasteiger partial charge in [-0.05, 0) is 25.8 Å². The Morgan fingerprint density at radius 1 is 1.19 bits per heavy atom.